The Balaban J connectivity index is 2.91. The number of aliphatic hydroxyl groups excluding tert-OH is 1. The third kappa shape index (κ3) is 4.69. The lowest BCUT2D eigenvalue weighted by atomic mass is 10.0. The van der Waals surface area contributed by atoms with E-state index in [0.717, 1.165) is 17.7 Å². The van der Waals surface area contributed by atoms with Crippen molar-refractivity contribution in [2.45, 2.75) is 38.2 Å². The Labute approximate surface area is 128 Å². The highest BCUT2D eigenvalue weighted by Crippen LogP contribution is 2.22. The largest absolute Gasteiger partial charge is 0.391 e. The third-order valence-electron chi connectivity index (χ3n) is 3.76. The van der Waals surface area contributed by atoms with Crippen LogP contribution in [0, 0.1) is 12.8 Å². The molecule has 6 heteroatoms. The molecule has 120 valence electrons. The molecule has 0 aliphatic heterocycles. The Morgan fingerprint density at radius 1 is 1.33 bits per heavy atom. The zero-order valence-electron chi connectivity index (χ0n) is 13.4. The van der Waals surface area contributed by atoms with Gasteiger partial charge in [0.2, 0.25) is 10.0 Å². The highest BCUT2D eigenvalue weighted by Gasteiger charge is 2.19. The first-order chi connectivity index (χ1) is 9.69. The molecule has 1 aromatic rings. The minimum absolute atomic E-state index is 0.0303. The maximum atomic E-state index is 12.3. The van der Waals surface area contributed by atoms with Crippen LogP contribution in [-0.2, 0) is 10.0 Å². The van der Waals surface area contributed by atoms with E-state index < -0.39 is 16.1 Å². The van der Waals surface area contributed by atoms with E-state index in [1.807, 2.05) is 39.8 Å². The van der Waals surface area contributed by atoms with Gasteiger partial charge in [0.25, 0.3) is 0 Å². The van der Waals surface area contributed by atoms with Crippen LogP contribution < -0.4 is 9.62 Å². The highest BCUT2D eigenvalue weighted by atomic mass is 32.2. The van der Waals surface area contributed by atoms with E-state index in [2.05, 4.69) is 4.72 Å². The summed E-state index contributed by atoms with van der Waals surface area (Å²) in [6.45, 7) is 5.83. The standard InChI is InChI=1S/C15H26N2O3S/c1-6-11(2)15(18)10-16-21(19,20)13-8-7-12(3)14(9-13)17(4)5/h7-9,11,15-16,18H,6,10H2,1-5H3. The average Bonchev–Trinajstić information content (AvgIpc) is 2.43. The van der Waals surface area contributed by atoms with Crippen molar-refractivity contribution in [3.63, 3.8) is 0 Å². The predicted octanol–water partition coefficient (Wildman–Crippen LogP) is 1.75. The summed E-state index contributed by atoms with van der Waals surface area (Å²) < 4.78 is 27.1. The number of aryl methyl sites for hydroxylation is 1. The van der Waals surface area contributed by atoms with Gasteiger partial charge in [0.05, 0.1) is 11.0 Å². The van der Waals surface area contributed by atoms with Crippen molar-refractivity contribution in [3.8, 4) is 0 Å². The van der Waals surface area contributed by atoms with E-state index in [-0.39, 0.29) is 17.4 Å². The Hall–Kier alpha value is -1.11. The third-order valence-corrected chi connectivity index (χ3v) is 5.18. The van der Waals surface area contributed by atoms with Crippen molar-refractivity contribution < 1.29 is 13.5 Å². The summed E-state index contributed by atoms with van der Waals surface area (Å²) in [5.41, 5.74) is 1.87. The van der Waals surface area contributed by atoms with Gasteiger partial charge >= 0.3 is 0 Å². The number of sulfonamides is 1. The maximum Gasteiger partial charge on any atom is 0.240 e. The predicted molar refractivity (Wildman–Crippen MR) is 86.2 cm³/mol. The minimum Gasteiger partial charge on any atom is -0.391 e. The SMILES string of the molecule is CCC(C)C(O)CNS(=O)(=O)c1ccc(C)c(N(C)C)c1. The van der Waals surface area contributed by atoms with Gasteiger partial charge in [0.1, 0.15) is 0 Å². The normalized spacial score (nSPS) is 14.8. The van der Waals surface area contributed by atoms with Gasteiger partial charge in [-0.25, -0.2) is 13.1 Å². The average molecular weight is 314 g/mol. The quantitative estimate of drug-likeness (QED) is 0.804. The number of benzene rings is 1. The fourth-order valence-corrected chi connectivity index (χ4v) is 3.06. The van der Waals surface area contributed by atoms with Crippen molar-refractivity contribution in [2.24, 2.45) is 5.92 Å². The van der Waals surface area contributed by atoms with Crippen LogP contribution in [0.15, 0.2) is 23.1 Å². The first kappa shape index (κ1) is 17.9. The van der Waals surface area contributed by atoms with E-state index in [0.29, 0.717) is 0 Å². The molecule has 2 N–H and O–H groups in total. The van der Waals surface area contributed by atoms with Crippen LogP contribution in [0.4, 0.5) is 5.69 Å². The molecular weight excluding hydrogens is 288 g/mol. The van der Waals surface area contributed by atoms with E-state index in [9.17, 15) is 13.5 Å². The summed E-state index contributed by atoms with van der Waals surface area (Å²) >= 11 is 0. The second-order valence-corrected chi connectivity index (χ2v) is 7.41. The first-order valence-electron chi connectivity index (χ1n) is 7.14. The monoisotopic (exact) mass is 314 g/mol. The minimum atomic E-state index is -3.61. The molecule has 1 rings (SSSR count). The summed E-state index contributed by atoms with van der Waals surface area (Å²) in [5.74, 6) is 0.0584. The molecule has 2 unspecified atom stereocenters. The first-order valence-corrected chi connectivity index (χ1v) is 8.63. The molecule has 21 heavy (non-hydrogen) atoms. The van der Waals surface area contributed by atoms with E-state index >= 15 is 0 Å². The van der Waals surface area contributed by atoms with E-state index in [1.165, 1.54) is 0 Å². The number of rotatable bonds is 7. The summed E-state index contributed by atoms with van der Waals surface area (Å²) in [4.78, 5) is 2.09. The van der Waals surface area contributed by atoms with Crippen LogP contribution in [0.2, 0.25) is 0 Å². The molecule has 0 aromatic heterocycles. The van der Waals surface area contributed by atoms with Gasteiger partial charge in [0, 0.05) is 26.3 Å². The van der Waals surface area contributed by atoms with Gasteiger partial charge in [0.15, 0.2) is 0 Å². The zero-order valence-corrected chi connectivity index (χ0v) is 14.2. The fraction of sp³-hybridized carbons (Fsp3) is 0.600. The van der Waals surface area contributed by atoms with Crippen molar-refractivity contribution >= 4 is 15.7 Å². The number of nitrogens with one attached hydrogen (secondary N) is 1. The smallest absolute Gasteiger partial charge is 0.240 e. The number of nitrogens with zero attached hydrogens (tertiary/aromatic N) is 1. The molecule has 0 amide bonds. The van der Waals surface area contributed by atoms with Crippen LogP contribution in [0.3, 0.4) is 0 Å². The van der Waals surface area contributed by atoms with Crippen molar-refractivity contribution in [1.29, 1.82) is 0 Å². The van der Waals surface area contributed by atoms with Gasteiger partial charge in [-0.3, -0.25) is 0 Å². The molecule has 0 heterocycles. The number of anilines is 1. The molecule has 0 saturated heterocycles. The van der Waals surface area contributed by atoms with Crippen LogP contribution in [0.5, 0.6) is 0 Å². The van der Waals surface area contributed by atoms with E-state index in [1.54, 1.807) is 18.2 Å². The topological polar surface area (TPSA) is 69.6 Å². The van der Waals surface area contributed by atoms with Gasteiger partial charge in [-0.2, -0.15) is 0 Å². The Bertz CT molecular complexity index is 570. The highest BCUT2D eigenvalue weighted by molar-refractivity contribution is 7.89. The maximum absolute atomic E-state index is 12.3. The number of hydrogen-bond donors (Lipinski definition) is 2. The second kappa shape index (κ2) is 7.24. The van der Waals surface area contributed by atoms with Gasteiger partial charge < -0.3 is 10.0 Å². The molecule has 0 bridgehead atoms. The van der Waals surface area contributed by atoms with E-state index in [4.69, 9.17) is 0 Å². The molecule has 1 aromatic carbocycles. The summed E-state index contributed by atoms with van der Waals surface area (Å²) in [5, 5.41) is 9.88. The molecule has 0 saturated carbocycles. The fourth-order valence-electron chi connectivity index (χ4n) is 1.99. The molecule has 0 fully saturated rings. The summed E-state index contributed by atoms with van der Waals surface area (Å²) in [7, 11) is 0.141. The Morgan fingerprint density at radius 2 is 1.95 bits per heavy atom. The summed E-state index contributed by atoms with van der Waals surface area (Å²) in [6.07, 6.45) is 0.126. The molecule has 2 atom stereocenters. The molecular formula is C15H26N2O3S. The summed E-state index contributed by atoms with van der Waals surface area (Å²) in [6, 6.07) is 5.02. The van der Waals surface area contributed by atoms with Gasteiger partial charge in [-0.1, -0.05) is 26.3 Å². The van der Waals surface area contributed by atoms with Crippen molar-refractivity contribution in [3.05, 3.63) is 23.8 Å². The molecule has 0 aliphatic carbocycles. The molecule has 0 radical (unpaired) electrons. The molecule has 0 spiro atoms. The van der Waals surface area contributed by atoms with Crippen LogP contribution >= 0.6 is 0 Å². The second-order valence-electron chi connectivity index (χ2n) is 5.65. The van der Waals surface area contributed by atoms with Crippen molar-refractivity contribution in [2.75, 3.05) is 25.5 Å². The Morgan fingerprint density at radius 3 is 2.48 bits per heavy atom. The lowest BCUT2D eigenvalue weighted by Crippen LogP contribution is -2.35. The van der Waals surface area contributed by atoms with Crippen LogP contribution in [0.1, 0.15) is 25.8 Å². The zero-order chi connectivity index (χ0) is 16.2. The van der Waals surface area contributed by atoms with Crippen molar-refractivity contribution in [1.82, 2.24) is 4.72 Å². The molecule has 5 nitrogen and oxygen atoms in total. The van der Waals surface area contributed by atoms with Gasteiger partial charge in [-0.05, 0) is 30.5 Å². The van der Waals surface area contributed by atoms with Crippen LogP contribution in [-0.4, -0.2) is 40.3 Å². The lowest BCUT2D eigenvalue weighted by molar-refractivity contribution is 0.118. The van der Waals surface area contributed by atoms with Crippen LogP contribution in [0.25, 0.3) is 0 Å². The number of aliphatic hydroxyl groups is 1. The number of hydrogen-bond acceptors (Lipinski definition) is 4. The Kier molecular flexibility index (Phi) is 6.19. The van der Waals surface area contributed by atoms with Gasteiger partial charge in [-0.15, -0.1) is 0 Å². The lowest BCUT2D eigenvalue weighted by Gasteiger charge is -2.19. The molecule has 0 aliphatic rings.